The molecule has 0 saturated carbocycles. The minimum atomic E-state index is -1.77. The number of carbonyl (C=O) groups is 11. The molecule has 0 fully saturated rings. The number of aliphatic carboxylic acids is 2. The molecular weight excluding hydrogens is 1010 g/mol. The van der Waals surface area contributed by atoms with Crippen molar-refractivity contribution in [1.82, 2.24) is 36.1 Å². The number of nitrogens with one attached hydrogen (secondary N) is 5. The molecule has 1 heterocycles. The predicted octanol–water partition coefficient (Wildman–Crippen LogP) is 2.42. The smallest absolute Gasteiger partial charge is 0.326 e. The van der Waals surface area contributed by atoms with Gasteiger partial charge in [0.1, 0.15) is 42.2 Å². The Bertz CT molecular complexity index is 2620. The first kappa shape index (κ1) is 63.4. The zero-order valence-corrected chi connectivity index (χ0v) is 44.0. The lowest BCUT2D eigenvalue weighted by atomic mass is 9.82. The third-order valence-electron chi connectivity index (χ3n) is 12.2. The van der Waals surface area contributed by atoms with Crippen molar-refractivity contribution in [3.8, 4) is 11.1 Å². The van der Waals surface area contributed by atoms with Crippen molar-refractivity contribution in [3.63, 3.8) is 0 Å². The SMILES string of the molecule is CC(=O)CCCC(=O)N[C@@H](C)C(=O)C[C@H](C)C(=O)N[C@@H](CC(N)=O)C(=O)N[C@@H](CCN(C(=O)CO)[C@@H](c1cc(-c2cc(F)ccc2F)cn1Cc1ccccc1)C(C)(C)C)C(=O)NCCC(=O)N[C@H](CCC(=O)O)C(=O)O. The Hall–Kier alpha value is -7.89. The second-order valence-corrected chi connectivity index (χ2v) is 19.8. The number of carboxylic acid groups (broad SMARTS) is 2. The number of hydrogen-bond donors (Lipinski definition) is 9. The molecule has 77 heavy (non-hydrogen) atoms. The fourth-order valence-corrected chi connectivity index (χ4v) is 8.31. The van der Waals surface area contributed by atoms with Gasteiger partial charge in [-0.3, -0.25) is 43.2 Å². The van der Waals surface area contributed by atoms with Crippen LogP contribution in [-0.4, -0.2) is 134 Å². The van der Waals surface area contributed by atoms with Crippen LogP contribution in [0.1, 0.15) is 117 Å². The quantitative estimate of drug-likeness (QED) is 0.0434. The molecule has 7 amide bonds. The highest BCUT2D eigenvalue weighted by Gasteiger charge is 2.39. The van der Waals surface area contributed by atoms with E-state index in [1.807, 2.05) is 12.1 Å². The summed E-state index contributed by atoms with van der Waals surface area (Å²) >= 11 is 0. The highest BCUT2D eigenvalue weighted by Crippen LogP contribution is 2.41. The molecule has 24 heteroatoms. The van der Waals surface area contributed by atoms with Crippen molar-refractivity contribution in [2.45, 2.75) is 136 Å². The standard InChI is InChI=1S/C53H70F2N8O14/c1-30(23-42(66)32(3)58-44(68)14-10-11-31(2)65)49(73)61-40(26-43(56)67)51(75)60-38(50(74)57-21-19-45(69)59-39(52(76)77)17-18-47(71)72)20-22-63(46(70)29-64)48(53(4,5)6)41-24-34(36-25-35(54)15-16-37(36)55)28-62(41)27-33-12-8-7-9-13-33/h7-9,12-13,15-16,24-25,28,30,32,38-40,48,64H,10-11,14,17-23,26-27,29H2,1-6H3,(H2,56,67)(H,57,74)(H,58,68)(H,59,69)(H,60,75)(H,61,73)(H,71,72)(H,76,77)/t30-,32-,38-,39+,40-,48-/m0/s1. The number of nitrogens with zero attached hydrogens (tertiary/aromatic N) is 2. The number of rotatable bonds is 32. The van der Waals surface area contributed by atoms with Crippen molar-refractivity contribution < 1.29 is 76.8 Å². The van der Waals surface area contributed by atoms with E-state index in [1.54, 1.807) is 55.8 Å². The maximum atomic E-state index is 15.4. The van der Waals surface area contributed by atoms with Crippen LogP contribution in [0.25, 0.3) is 11.1 Å². The van der Waals surface area contributed by atoms with Crippen molar-refractivity contribution >= 4 is 64.9 Å². The lowest BCUT2D eigenvalue weighted by molar-refractivity contribution is -0.143. The summed E-state index contributed by atoms with van der Waals surface area (Å²) in [6, 6.07) is 6.48. The fraction of sp³-hybridized carbons (Fsp3) is 0.491. The minimum absolute atomic E-state index is 0.0219. The molecule has 22 nitrogen and oxygen atoms in total. The Morgan fingerprint density at radius 3 is 1.99 bits per heavy atom. The number of halogens is 2. The summed E-state index contributed by atoms with van der Waals surface area (Å²) in [5.74, 6) is -12.5. The van der Waals surface area contributed by atoms with E-state index in [2.05, 4.69) is 26.6 Å². The number of nitrogens with two attached hydrogens (primary N) is 1. The molecular formula is C53H70F2N8O14. The largest absolute Gasteiger partial charge is 0.481 e. The first-order valence-corrected chi connectivity index (χ1v) is 24.9. The van der Waals surface area contributed by atoms with E-state index in [-0.39, 0.29) is 42.7 Å². The zero-order valence-electron chi connectivity index (χ0n) is 44.0. The van der Waals surface area contributed by atoms with Crippen LogP contribution < -0.4 is 32.3 Å². The maximum absolute atomic E-state index is 15.4. The van der Waals surface area contributed by atoms with E-state index < -0.39 is 170 Å². The van der Waals surface area contributed by atoms with Gasteiger partial charge >= 0.3 is 11.9 Å². The molecule has 0 spiro atoms. The number of benzene rings is 2. The van der Waals surface area contributed by atoms with Gasteiger partial charge in [-0.1, -0.05) is 58.0 Å². The Morgan fingerprint density at radius 2 is 1.39 bits per heavy atom. The lowest BCUT2D eigenvalue weighted by Gasteiger charge is -2.41. The molecule has 1 aromatic heterocycles. The van der Waals surface area contributed by atoms with E-state index in [0.717, 1.165) is 23.8 Å². The zero-order chi connectivity index (χ0) is 57.7. The van der Waals surface area contributed by atoms with Crippen molar-refractivity contribution in [2.24, 2.45) is 17.1 Å². The summed E-state index contributed by atoms with van der Waals surface area (Å²) in [5.41, 5.74) is 5.88. The summed E-state index contributed by atoms with van der Waals surface area (Å²) < 4.78 is 31.7. The van der Waals surface area contributed by atoms with E-state index in [9.17, 15) is 67.3 Å². The lowest BCUT2D eigenvalue weighted by Crippen LogP contribution is -2.56. The van der Waals surface area contributed by atoms with E-state index in [0.29, 0.717) is 5.69 Å². The number of aliphatic hydroxyl groups is 1. The van der Waals surface area contributed by atoms with Crippen molar-refractivity contribution in [1.29, 1.82) is 0 Å². The second-order valence-electron chi connectivity index (χ2n) is 19.8. The number of hydrogen-bond acceptors (Lipinski definition) is 12. The molecule has 10 N–H and O–H groups in total. The number of ketones is 2. The van der Waals surface area contributed by atoms with Crippen LogP contribution in [0.5, 0.6) is 0 Å². The molecule has 0 aliphatic heterocycles. The fourth-order valence-electron chi connectivity index (χ4n) is 8.31. The van der Waals surface area contributed by atoms with Gasteiger partial charge in [0, 0.05) is 80.7 Å². The van der Waals surface area contributed by atoms with Crippen LogP contribution >= 0.6 is 0 Å². The number of aromatic nitrogens is 1. The third kappa shape index (κ3) is 21.0. The number of aliphatic hydroxyl groups excluding tert-OH is 1. The molecule has 420 valence electrons. The highest BCUT2D eigenvalue weighted by atomic mass is 19.1. The van der Waals surface area contributed by atoms with Crippen LogP contribution in [0.4, 0.5) is 8.78 Å². The van der Waals surface area contributed by atoms with E-state index in [1.165, 1.54) is 25.7 Å². The molecule has 0 aliphatic rings. The molecule has 3 aromatic rings. The average Bonchev–Trinajstić information content (AvgIpc) is 3.74. The summed E-state index contributed by atoms with van der Waals surface area (Å²) in [5, 5.41) is 41.0. The van der Waals surface area contributed by atoms with Crippen LogP contribution in [0.3, 0.4) is 0 Å². The predicted molar refractivity (Wildman–Crippen MR) is 274 cm³/mol. The van der Waals surface area contributed by atoms with Crippen LogP contribution in [0.15, 0.2) is 60.8 Å². The summed E-state index contributed by atoms with van der Waals surface area (Å²) in [4.78, 5) is 142. The van der Waals surface area contributed by atoms with Gasteiger partial charge in [0.15, 0.2) is 5.78 Å². The van der Waals surface area contributed by atoms with Gasteiger partial charge in [-0.25, -0.2) is 13.6 Å². The molecule has 0 radical (unpaired) electrons. The molecule has 3 rings (SSSR count). The Morgan fingerprint density at radius 1 is 0.740 bits per heavy atom. The Balaban J connectivity index is 2.03. The van der Waals surface area contributed by atoms with E-state index in [4.69, 9.17) is 10.8 Å². The normalized spacial score (nSPS) is 13.6. The molecule has 6 atom stereocenters. The van der Waals surface area contributed by atoms with Crippen LogP contribution in [0.2, 0.25) is 0 Å². The molecule has 0 aliphatic carbocycles. The number of carboxylic acids is 2. The number of primary amides is 1. The second kappa shape index (κ2) is 30.0. The van der Waals surface area contributed by atoms with Crippen molar-refractivity contribution in [3.05, 3.63) is 83.7 Å². The van der Waals surface area contributed by atoms with Gasteiger partial charge in [-0.15, -0.1) is 0 Å². The van der Waals surface area contributed by atoms with Crippen LogP contribution in [-0.2, 0) is 59.3 Å². The summed E-state index contributed by atoms with van der Waals surface area (Å²) in [7, 11) is 0. The molecule has 0 saturated heterocycles. The summed E-state index contributed by atoms with van der Waals surface area (Å²) in [6.45, 7) is 7.63. The number of Topliss-reactive ketones (excluding diaryl/α,β-unsaturated/α-hetero) is 2. The van der Waals surface area contributed by atoms with Crippen molar-refractivity contribution in [2.75, 3.05) is 19.7 Å². The van der Waals surface area contributed by atoms with Gasteiger partial charge in [0.2, 0.25) is 41.4 Å². The van der Waals surface area contributed by atoms with Gasteiger partial charge in [-0.05, 0) is 68.4 Å². The maximum Gasteiger partial charge on any atom is 0.326 e. The highest BCUT2D eigenvalue weighted by molar-refractivity contribution is 5.97. The minimum Gasteiger partial charge on any atom is -0.481 e. The average molecular weight is 1080 g/mol. The first-order valence-electron chi connectivity index (χ1n) is 24.9. The molecule has 2 aromatic carbocycles. The molecule has 0 unspecified atom stereocenters. The van der Waals surface area contributed by atoms with Gasteiger partial charge in [0.05, 0.1) is 18.5 Å². The third-order valence-corrected chi connectivity index (χ3v) is 12.2. The topological polar surface area (TPSA) is 343 Å². The van der Waals surface area contributed by atoms with E-state index >= 15 is 4.39 Å². The van der Waals surface area contributed by atoms with Gasteiger partial charge < -0.3 is 61.9 Å². The molecule has 0 bridgehead atoms. The van der Waals surface area contributed by atoms with Gasteiger partial charge in [0.25, 0.3) is 0 Å². The summed E-state index contributed by atoms with van der Waals surface area (Å²) in [6.07, 6.45) is -1.30. The first-order chi connectivity index (χ1) is 36.1. The Kier molecular flexibility index (Phi) is 24.7. The Labute approximate surface area is 444 Å². The number of carbonyl (C=O) groups excluding carboxylic acids is 9. The monoisotopic (exact) mass is 1080 g/mol. The number of amides is 7. The van der Waals surface area contributed by atoms with Gasteiger partial charge in [-0.2, -0.15) is 0 Å². The van der Waals surface area contributed by atoms with Crippen LogP contribution in [0, 0.1) is 23.0 Å².